The molecule has 1 unspecified atom stereocenters. The number of pyridine rings is 1. The Morgan fingerprint density at radius 1 is 1.03 bits per heavy atom. The van der Waals surface area contributed by atoms with Crippen molar-refractivity contribution in [2.24, 2.45) is 5.14 Å². The summed E-state index contributed by atoms with van der Waals surface area (Å²) in [5.41, 5.74) is 1.88. The summed E-state index contributed by atoms with van der Waals surface area (Å²) in [6, 6.07) is 15.6. The molecule has 9 heteroatoms. The first kappa shape index (κ1) is 22.1. The molecule has 3 N–H and O–H groups in total. The van der Waals surface area contributed by atoms with Crippen LogP contribution in [-0.2, 0) is 10.0 Å². The van der Waals surface area contributed by atoms with Crippen molar-refractivity contribution in [3.63, 3.8) is 0 Å². The minimum Gasteiger partial charge on any atom is -0.335 e. The Labute approximate surface area is 180 Å². The number of rotatable bonds is 6. The number of nitrogens with zero attached hydrogens (tertiary/aromatic N) is 2. The Morgan fingerprint density at radius 2 is 1.74 bits per heavy atom. The van der Waals surface area contributed by atoms with Crippen LogP contribution >= 0.6 is 0 Å². The van der Waals surface area contributed by atoms with Crippen LogP contribution in [0.4, 0.5) is 5.69 Å². The van der Waals surface area contributed by atoms with Crippen LogP contribution < -0.4 is 10.5 Å². The summed E-state index contributed by atoms with van der Waals surface area (Å²) >= 11 is 0. The number of sulfonamides is 1. The third-order valence-electron chi connectivity index (χ3n) is 4.86. The molecule has 1 heterocycles. The number of carbonyl (C=O) groups excluding carboxylic acids is 2. The number of benzene rings is 2. The maximum absolute atomic E-state index is 13.0. The lowest BCUT2D eigenvalue weighted by Gasteiger charge is -2.26. The topological polar surface area (TPSA) is 122 Å². The van der Waals surface area contributed by atoms with Gasteiger partial charge in [0, 0.05) is 30.7 Å². The maximum atomic E-state index is 13.0. The van der Waals surface area contributed by atoms with Crippen molar-refractivity contribution < 1.29 is 18.0 Å². The predicted octanol–water partition coefficient (Wildman–Crippen LogP) is 2.81. The van der Waals surface area contributed by atoms with E-state index in [9.17, 15) is 18.0 Å². The first-order valence-corrected chi connectivity index (χ1v) is 10.9. The zero-order valence-corrected chi connectivity index (χ0v) is 17.8. The second kappa shape index (κ2) is 9.07. The predicted molar refractivity (Wildman–Crippen MR) is 117 cm³/mol. The number of nitrogens with two attached hydrogens (primary N) is 1. The SMILES string of the molecule is CC(c1cccc(S(N)(=O)=O)c1)N(C)C(=O)c1cccc(NC(=O)c2cccnc2)c1. The van der Waals surface area contributed by atoms with Gasteiger partial charge in [0.2, 0.25) is 10.0 Å². The van der Waals surface area contributed by atoms with E-state index in [4.69, 9.17) is 5.14 Å². The van der Waals surface area contributed by atoms with Crippen LogP contribution in [0.5, 0.6) is 0 Å². The molecule has 0 aliphatic rings. The molecule has 8 nitrogen and oxygen atoms in total. The third kappa shape index (κ3) is 5.33. The average molecular weight is 439 g/mol. The highest BCUT2D eigenvalue weighted by Crippen LogP contribution is 2.24. The van der Waals surface area contributed by atoms with E-state index in [0.29, 0.717) is 22.4 Å². The Balaban J connectivity index is 1.78. The molecule has 0 radical (unpaired) electrons. The van der Waals surface area contributed by atoms with Gasteiger partial charge in [0.05, 0.1) is 16.5 Å². The largest absolute Gasteiger partial charge is 0.335 e. The summed E-state index contributed by atoms with van der Waals surface area (Å²) < 4.78 is 23.2. The van der Waals surface area contributed by atoms with Gasteiger partial charge in [-0.2, -0.15) is 0 Å². The van der Waals surface area contributed by atoms with E-state index in [0.717, 1.165) is 0 Å². The Hall–Kier alpha value is -3.56. The van der Waals surface area contributed by atoms with E-state index >= 15 is 0 Å². The van der Waals surface area contributed by atoms with Gasteiger partial charge in [-0.15, -0.1) is 0 Å². The van der Waals surface area contributed by atoms with Gasteiger partial charge in [-0.25, -0.2) is 13.6 Å². The molecule has 0 aliphatic heterocycles. The van der Waals surface area contributed by atoms with Crippen LogP contribution in [-0.4, -0.2) is 37.2 Å². The van der Waals surface area contributed by atoms with Gasteiger partial charge < -0.3 is 10.2 Å². The number of aromatic nitrogens is 1. The minimum atomic E-state index is -3.85. The summed E-state index contributed by atoms with van der Waals surface area (Å²) in [5.74, 6) is -0.620. The number of nitrogens with one attached hydrogen (secondary N) is 1. The van der Waals surface area contributed by atoms with Gasteiger partial charge in [-0.3, -0.25) is 14.6 Å². The fourth-order valence-electron chi connectivity index (χ4n) is 2.98. The number of hydrogen-bond donors (Lipinski definition) is 2. The molecule has 0 spiro atoms. The summed E-state index contributed by atoms with van der Waals surface area (Å²) in [6.45, 7) is 1.79. The molecule has 3 rings (SSSR count). The molecule has 2 aromatic carbocycles. The maximum Gasteiger partial charge on any atom is 0.257 e. The summed E-state index contributed by atoms with van der Waals surface area (Å²) in [5, 5.41) is 7.95. The zero-order valence-electron chi connectivity index (χ0n) is 17.0. The fraction of sp³-hybridized carbons (Fsp3) is 0.136. The first-order chi connectivity index (χ1) is 14.7. The molecule has 1 atom stereocenters. The lowest BCUT2D eigenvalue weighted by Crippen LogP contribution is -2.30. The van der Waals surface area contributed by atoms with E-state index in [1.165, 1.54) is 23.2 Å². The Morgan fingerprint density at radius 3 is 2.42 bits per heavy atom. The van der Waals surface area contributed by atoms with Crippen molar-refractivity contribution in [3.8, 4) is 0 Å². The van der Waals surface area contributed by atoms with Crippen LogP contribution in [0.3, 0.4) is 0 Å². The molecule has 160 valence electrons. The highest BCUT2D eigenvalue weighted by atomic mass is 32.2. The quantitative estimate of drug-likeness (QED) is 0.613. The molecular weight excluding hydrogens is 416 g/mol. The summed E-state index contributed by atoms with van der Waals surface area (Å²) in [4.78, 5) is 30.7. The van der Waals surface area contributed by atoms with Crippen molar-refractivity contribution in [2.45, 2.75) is 17.9 Å². The molecule has 3 aromatic rings. The number of hydrogen-bond acceptors (Lipinski definition) is 5. The van der Waals surface area contributed by atoms with E-state index in [-0.39, 0.29) is 16.7 Å². The Bertz CT molecular complexity index is 1210. The molecular formula is C22H22N4O4S. The lowest BCUT2D eigenvalue weighted by molar-refractivity contribution is 0.0742. The van der Waals surface area contributed by atoms with Crippen molar-refractivity contribution in [2.75, 3.05) is 12.4 Å². The highest BCUT2D eigenvalue weighted by molar-refractivity contribution is 7.89. The van der Waals surface area contributed by atoms with Crippen molar-refractivity contribution in [3.05, 3.63) is 89.7 Å². The van der Waals surface area contributed by atoms with Crippen LogP contribution in [0.25, 0.3) is 0 Å². The van der Waals surface area contributed by atoms with Crippen molar-refractivity contribution >= 4 is 27.5 Å². The number of primary sulfonamides is 1. The molecule has 0 fully saturated rings. The van der Waals surface area contributed by atoms with E-state index < -0.39 is 16.1 Å². The molecule has 1 aromatic heterocycles. The fourth-order valence-corrected chi connectivity index (χ4v) is 3.55. The number of anilines is 1. The molecule has 31 heavy (non-hydrogen) atoms. The van der Waals surface area contributed by atoms with E-state index in [1.54, 1.807) is 68.7 Å². The van der Waals surface area contributed by atoms with Crippen LogP contribution in [0.1, 0.15) is 39.2 Å². The first-order valence-electron chi connectivity index (χ1n) is 9.38. The van der Waals surface area contributed by atoms with Crippen LogP contribution in [0, 0.1) is 0 Å². The molecule has 0 bridgehead atoms. The summed E-state index contributed by atoms with van der Waals surface area (Å²) in [6.07, 6.45) is 3.03. The van der Waals surface area contributed by atoms with Crippen molar-refractivity contribution in [1.82, 2.24) is 9.88 Å². The minimum absolute atomic E-state index is 0.0159. The van der Waals surface area contributed by atoms with Gasteiger partial charge in [0.25, 0.3) is 11.8 Å². The zero-order chi connectivity index (χ0) is 22.6. The highest BCUT2D eigenvalue weighted by Gasteiger charge is 2.21. The van der Waals surface area contributed by atoms with E-state index in [2.05, 4.69) is 10.3 Å². The Kier molecular flexibility index (Phi) is 6.47. The monoisotopic (exact) mass is 438 g/mol. The molecule has 0 aliphatic carbocycles. The van der Waals surface area contributed by atoms with Crippen LogP contribution in [0.15, 0.2) is 78.0 Å². The van der Waals surface area contributed by atoms with Gasteiger partial charge in [0.15, 0.2) is 0 Å². The van der Waals surface area contributed by atoms with Crippen molar-refractivity contribution in [1.29, 1.82) is 0 Å². The third-order valence-corrected chi connectivity index (χ3v) is 5.77. The van der Waals surface area contributed by atoms with Gasteiger partial charge in [0.1, 0.15) is 0 Å². The number of carbonyl (C=O) groups is 2. The summed E-state index contributed by atoms with van der Waals surface area (Å²) in [7, 11) is -2.22. The van der Waals surface area contributed by atoms with E-state index in [1.807, 2.05) is 0 Å². The van der Waals surface area contributed by atoms with Crippen LogP contribution in [0.2, 0.25) is 0 Å². The molecule has 2 amide bonds. The lowest BCUT2D eigenvalue weighted by atomic mass is 10.1. The standard InChI is InChI=1S/C22H22N4O4S/c1-15(16-6-4-10-20(13-16)31(23,29)30)26(2)22(28)17-7-3-9-19(12-17)25-21(27)18-8-5-11-24-14-18/h3-15H,1-2H3,(H,25,27)(H2,23,29,30). The molecule has 0 saturated heterocycles. The smallest absolute Gasteiger partial charge is 0.257 e. The van der Waals surface area contributed by atoms with Gasteiger partial charge in [-0.05, 0) is 55.0 Å². The normalized spacial score (nSPS) is 12.1. The second-order valence-corrected chi connectivity index (χ2v) is 8.55. The average Bonchev–Trinajstić information content (AvgIpc) is 2.78. The van der Waals surface area contributed by atoms with Gasteiger partial charge >= 0.3 is 0 Å². The molecule has 0 saturated carbocycles. The second-order valence-electron chi connectivity index (χ2n) is 6.99. The number of amides is 2. The van der Waals surface area contributed by atoms with Gasteiger partial charge in [-0.1, -0.05) is 18.2 Å².